The molecule has 0 radical (unpaired) electrons. The van der Waals surface area contributed by atoms with E-state index in [0.717, 1.165) is 19.6 Å². The first-order chi connectivity index (χ1) is 14.7. The van der Waals surface area contributed by atoms with Crippen molar-refractivity contribution in [2.45, 2.75) is 6.43 Å². The van der Waals surface area contributed by atoms with E-state index in [-0.39, 0.29) is 5.82 Å². The summed E-state index contributed by atoms with van der Waals surface area (Å²) in [7, 11) is 0. The molecule has 1 aromatic carbocycles. The smallest absolute Gasteiger partial charge is 0.296 e. The second kappa shape index (κ2) is 8.11. The Morgan fingerprint density at radius 2 is 1.93 bits per heavy atom. The summed E-state index contributed by atoms with van der Waals surface area (Å²) in [5.74, 6) is 1.71. The quantitative estimate of drug-likeness (QED) is 0.639. The van der Waals surface area contributed by atoms with Gasteiger partial charge >= 0.3 is 0 Å². The molecule has 0 aliphatic carbocycles. The van der Waals surface area contributed by atoms with Crippen LogP contribution in [0, 0.1) is 5.92 Å². The van der Waals surface area contributed by atoms with Crippen LogP contribution in [0.3, 0.4) is 0 Å². The van der Waals surface area contributed by atoms with Gasteiger partial charge in [0.15, 0.2) is 5.82 Å². The zero-order chi connectivity index (χ0) is 20.5. The highest BCUT2D eigenvalue weighted by Gasteiger charge is 2.24. The summed E-state index contributed by atoms with van der Waals surface area (Å²) >= 11 is 0. The van der Waals surface area contributed by atoms with Gasteiger partial charge in [-0.25, -0.2) is 13.8 Å². The standard InChI is InChI=1S/C20H23F2N7O/c21-18(22)19-25-14-3-1-2-4-15(14)29(19)17-9-16(24-12-13-10-23-11-13)26-20(27-17)28-5-7-30-8-6-28/h1-4,9,13,18,23H,5-8,10-12H2,(H,24,26,27). The molecule has 10 heteroatoms. The van der Waals surface area contributed by atoms with E-state index in [9.17, 15) is 8.78 Å². The minimum Gasteiger partial charge on any atom is -0.378 e. The van der Waals surface area contributed by atoms with Crippen molar-refractivity contribution in [3.05, 3.63) is 36.2 Å². The van der Waals surface area contributed by atoms with Gasteiger partial charge in [0.05, 0.1) is 24.2 Å². The fourth-order valence-electron chi connectivity index (χ4n) is 3.71. The lowest BCUT2D eigenvalue weighted by Crippen LogP contribution is -2.45. The summed E-state index contributed by atoms with van der Waals surface area (Å²) in [6, 6.07) is 8.81. The van der Waals surface area contributed by atoms with E-state index in [0.29, 0.717) is 60.8 Å². The minimum absolute atomic E-state index is 0.322. The molecule has 0 bridgehead atoms. The lowest BCUT2D eigenvalue weighted by atomic mass is 10.0. The van der Waals surface area contributed by atoms with Crippen LogP contribution in [-0.4, -0.2) is 65.5 Å². The average Bonchev–Trinajstić information content (AvgIpc) is 3.13. The molecule has 30 heavy (non-hydrogen) atoms. The first kappa shape index (κ1) is 19.1. The Kier molecular flexibility index (Phi) is 5.17. The van der Waals surface area contributed by atoms with E-state index < -0.39 is 6.43 Å². The highest BCUT2D eigenvalue weighted by molar-refractivity contribution is 5.78. The van der Waals surface area contributed by atoms with Gasteiger partial charge in [0, 0.05) is 44.7 Å². The van der Waals surface area contributed by atoms with Crippen LogP contribution in [-0.2, 0) is 4.74 Å². The van der Waals surface area contributed by atoms with Crippen LogP contribution in [0.1, 0.15) is 12.2 Å². The molecule has 3 aromatic rings. The monoisotopic (exact) mass is 415 g/mol. The van der Waals surface area contributed by atoms with Crippen LogP contribution < -0.4 is 15.5 Å². The highest BCUT2D eigenvalue weighted by Crippen LogP contribution is 2.29. The Morgan fingerprint density at radius 3 is 2.67 bits per heavy atom. The Morgan fingerprint density at radius 1 is 1.13 bits per heavy atom. The highest BCUT2D eigenvalue weighted by atomic mass is 19.3. The van der Waals surface area contributed by atoms with Gasteiger partial charge in [-0.2, -0.15) is 9.97 Å². The summed E-state index contributed by atoms with van der Waals surface area (Å²) in [6.07, 6.45) is -2.73. The van der Waals surface area contributed by atoms with E-state index in [2.05, 4.69) is 25.6 Å². The molecule has 0 spiro atoms. The third-order valence-electron chi connectivity index (χ3n) is 5.44. The van der Waals surface area contributed by atoms with Crippen LogP contribution in [0.25, 0.3) is 16.9 Å². The number of benzene rings is 1. The number of halogens is 2. The zero-order valence-electron chi connectivity index (χ0n) is 16.4. The SMILES string of the molecule is FC(F)c1nc2ccccc2n1-c1cc(NCC2CNC2)nc(N2CCOCC2)n1. The van der Waals surface area contributed by atoms with Crippen LogP contribution in [0.5, 0.6) is 0 Å². The molecule has 2 aromatic heterocycles. The van der Waals surface area contributed by atoms with Gasteiger partial charge in [-0.15, -0.1) is 0 Å². The average molecular weight is 415 g/mol. The topological polar surface area (TPSA) is 80.1 Å². The van der Waals surface area contributed by atoms with Crippen molar-refractivity contribution in [3.63, 3.8) is 0 Å². The second-order valence-electron chi connectivity index (χ2n) is 7.51. The summed E-state index contributed by atoms with van der Waals surface area (Å²) in [5, 5.41) is 6.60. The van der Waals surface area contributed by atoms with Crippen LogP contribution in [0.2, 0.25) is 0 Å². The van der Waals surface area contributed by atoms with E-state index in [1.54, 1.807) is 24.3 Å². The molecular formula is C20H23F2N7O. The van der Waals surface area contributed by atoms with Crippen molar-refractivity contribution in [2.24, 2.45) is 5.92 Å². The first-order valence-corrected chi connectivity index (χ1v) is 10.1. The van der Waals surface area contributed by atoms with Gasteiger partial charge < -0.3 is 20.3 Å². The largest absolute Gasteiger partial charge is 0.378 e. The fourth-order valence-corrected chi connectivity index (χ4v) is 3.71. The molecule has 2 fully saturated rings. The number of aromatic nitrogens is 4. The number of ether oxygens (including phenoxy) is 1. The van der Waals surface area contributed by atoms with Gasteiger partial charge in [0.1, 0.15) is 11.6 Å². The number of para-hydroxylation sites is 2. The van der Waals surface area contributed by atoms with Crippen molar-refractivity contribution in [3.8, 4) is 5.82 Å². The molecule has 2 aliphatic rings. The number of nitrogens with zero attached hydrogens (tertiary/aromatic N) is 5. The molecule has 8 nitrogen and oxygen atoms in total. The Balaban J connectivity index is 1.59. The lowest BCUT2D eigenvalue weighted by Gasteiger charge is -2.29. The predicted octanol–water partition coefficient (Wildman–Crippen LogP) is 2.22. The summed E-state index contributed by atoms with van der Waals surface area (Å²) in [5.41, 5.74) is 1.10. The zero-order valence-corrected chi connectivity index (χ0v) is 16.4. The maximum atomic E-state index is 13.8. The van der Waals surface area contributed by atoms with Gasteiger partial charge in [-0.1, -0.05) is 12.1 Å². The third kappa shape index (κ3) is 3.68. The lowest BCUT2D eigenvalue weighted by molar-refractivity contribution is 0.122. The van der Waals surface area contributed by atoms with Gasteiger partial charge in [0.2, 0.25) is 5.95 Å². The van der Waals surface area contributed by atoms with Crippen molar-refractivity contribution in [1.82, 2.24) is 24.8 Å². The van der Waals surface area contributed by atoms with Crippen molar-refractivity contribution >= 4 is 22.8 Å². The number of morpholine rings is 1. The number of alkyl halides is 2. The van der Waals surface area contributed by atoms with Crippen molar-refractivity contribution in [1.29, 1.82) is 0 Å². The molecule has 0 saturated carbocycles. The molecule has 5 rings (SSSR count). The van der Waals surface area contributed by atoms with Gasteiger partial charge in [-0.05, 0) is 12.1 Å². The molecule has 2 N–H and O–H groups in total. The fraction of sp³-hybridized carbons (Fsp3) is 0.450. The minimum atomic E-state index is -2.73. The molecule has 158 valence electrons. The number of anilines is 2. The normalized spacial score (nSPS) is 17.5. The number of hydrogen-bond acceptors (Lipinski definition) is 7. The summed E-state index contributed by atoms with van der Waals surface area (Å²) in [4.78, 5) is 15.5. The number of imidazole rings is 1. The molecule has 0 atom stereocenters. The van der Waals surface area contributed by atoms with Crippen molar-refractivity contribution < 1.29 is 13.5 Å². The number of hydrogen-bond donors (Lipinski definition) is 2. The Hall–Kier alpha value is -2.85. The van der Waals surface area contributed by atoms with Gasteiger partial charge in [0.25, 0.3) is 6.43 Å². The summed E-state index contributed by atoms with van der Waals surface area (Å²) < 4.78 is 34.5. The molecular weight excluding hydrogens is 392 g/mol. The maximum absolute atomic E-state index is 13.8. The Labute approximate surface area is 172 Å². The van der Waals surface area contributed by atoms with Crippen molar-refractivity contribution in [2.75, 3.05) is 56.2 Å². The number of fused-ring (bicyclic) bond motifs is 1. The number of rotatable bonds is 6. The molecule has 4 heterocycles. The van der Waals surface area contributed by atoms with E-state index in [4.69, 9.17) is 4.74 Å². The molecule has 0 unspecified atom stereocenters. The number of nitrogens with one attached hydrogen (secondary N) is 2. The van der Waals surface area contributed by atoms with E-state index >= 15 is 0 Å². The predicted molar refractivity (Wildman–Crippen MR) is 109 cm³/mol. The van der Waals surface area contributed by atoms with E-state index in [1.165, 1.54) is 4.57 Å². The molecule has 2 aliphatic heterocycles. The third-order valence-corrected chi connectivity index (χ3v) is 5.44. The van der Waals surface area contributed by atoms with E-state index in [1.807, 2.05) is 11.0 Å². The second-order valence-corrected chi connectivity index (χ2v) is 7.51. The van der Waals surface area contributed by atoms with Crippen LogP contribution >= 0.6 is 0 Å². The van der Waals surface area contributed by atoms with Crippen LogP contribution in [0.15, 0.2) is 30.3 Å². The molecule has 0 amide bonds. The first-order valence-electron chi connectivity index (χ1n) is 10.1. The molecule has 2 saturated heterocycles. The maximum Gasteiger partial charge on any atom is 0.296 e. The van der Waals surface area contributed by atoms with Crippen LogP contribution in [0.4, 0.5) is 20.5 Å². The van der Waals surface area contributed by atoms with Gasteiger partial charge in [-0.3, -0.25) is 4.57 Å². The Bertz CT molecular complexity index is 1030. The summed E-state index contributed by atoms with van der Waals surface area (Å²) in [6.45, 7) is 5.16.